The summed E-state index contributed by atoms with van der Waals surface area (Å²) in [5.41, 5.74) is 0.144. The predicted molar refractivity (Wildman–Crippen MR) is 48.4 cm³/mol. The topological polar surface area (TPSA) is 86.6 Å². The van der Waals surface area contributed by atoms with E-state index in [1.54, 1.807) is 0 Å². The lowest BCUT2D eigenvalue weighted by Gasteiger charge is -2.20. The standard InChI is InChI=1S/C9H13NO4/c1-5(12)7-2-6(13)3-9(14)8(4-11)10-7/h2,8-11,14H,3-4H2,1H3. The maximum atomic E-state index is 11.2. The number of aliphatic hydroxyl groups excluding tert-OH is 2. The fraction of sp³-hybridized carbons (Fsp3) is 0.556. The zero-order valence-corrected chi connectivity index (χ0v) is 7.86. The van der Waals surface area contributed by atoms with Gasteiger partial charge in [0.15, 0.2) is 11.6 Å². The number of nitrogens with one attached hydrogen (secondary N) is 1. The molecule has 0 aromatic carbocycles. The number of aliphatic hydroxyl groups is 2. The molecule has 0 amide bonds. The van der Waals surface area contributed by atoms with Crippen LogP contribution in [0.25, 0.3) is 0 Å². The van der Waals surface area contributed by atoms with E-state index in [9.17, 15) is 14.7 Å². The molecule has 0 fully saturated rings. The van der Waals surface area contributed by atoms with Crippen molar-refractivity contribution in [3.8, 4) is 0 Å². The van der Waals surface area contributed by atoms with Crippen molar-refractivity contribution >= 4 is 11.6 Å². The number of carbonyl (C=O) groups excluding carboxylic acids is 2. The van der Waals surface area contributed by atoms with Crippen LogP contribution in [0.4, 0.5) is 0 Å². The third kappa shape index (κ3) is 2.40. The second-order valence-corrected chi connectivity index (χ2v) is 3.29. The summed E-state index contributed by atoms with van der Waals surface area (Å²) in [6.07, 6.45) is 0.136. The smallest absolute Gasteiger partial charge is 0.175 e. The molecule has 1 aliphatic heterocycles. The van der Waals surface area contributed by atoms with Gasteiger partial charge in [0.2, 0.25) is 0 Å². The van der Waals surface area contributed by atoms with Crippen LogP contribution >= 0.6 is 0 Å². The van der Waals surface area contributed by atoms with E-state index in [0.717, 1.165) is 0 Å². The van der Waals surface area contributed by atoms with Gasteiger partial charge < -0.3 is 15.5 Å². The van der Waals surface area contributed by atoms with Crippen LogP contribution in [0.15, 0.2) is 11.8 Å². The molecule has 78 valence electrons. The van der Waals surface area contributed by atoms with Gasteiger partial charge in [-0.25, -0.2) is 0 Å². The van der Waals surface area contributed by atoms with Gasteiger partial charge >= 0.3 is 0 Å². The minimum Gasteiger partial charge on any atom is -0.394 e. The maximum absolute atomic E-state index is 11.2. The zero-order valence-electron chi connectivity index (χ0n) is 7.86. The molecule has 0 spiro atoms. The SMILES string of the molecule is CC(=O)C1=CC(=O)CC(O)C(CO)N1. The van der Waals surface area contributed by atoms with Crippen molar-refractivity contribution in [2.45, 2.75) is 25.5 Å². The first-order valence-corrected chi connectivity index (χ1v) is 4.35. The van der Waals surface area contributed by atoms with Crippen LogP contribution in [0.5, 0.6) is 0 Å². The van der Waals surface area contributed by atoms with Crippen molar-refractivity contribution in [3.63, 3.8) is 0 Å². The summed E-state index contributed by atoms with van der Waals surface area (Å²) >= 11 is 0. The van der Waals surface area contributed by atoms with Crippen molar-refractivity contribution in [2.24, 2.45) is 0 Å². The lowest BCUT2D eigenvalue weighted by atomic mass is 10.1. The molecule has 3 N–H and O–H groups in total. The van der Waals surface area contributed by atoms with Gasteiger partial charge in [0, 0.05) is 19.4 Å². The number of hydrogen-bond donors (Lipinski definition) is 3. The minimum atomic E-state index is -0.958. The monoisotopic (exact) mass is 199 g/mol. The summed E-state index contributed by atoms with van der Waals surface area (Å²) in [5, 5.41) is 21.0. The largest absolute Gasteiger partial charge is 0.394 e. The minimum absolute atomic E-state index is 0.0744. The molecule has 5 nitrogen and oxygen atoms in total. The summed E-state index contributed by atoms with van der Waals surface area (Å²) in [7, 11) is 0. The maximum Gasteiger partial charge on any atom is 0.175 e. The lowest BCUT2D eigenvalue weighted by Crippen LogP contribution is -2.42. The first-order valence-electron chi connectivity index (χ1n) is 4.35. The molecule has 1 rings (SSSR count). The molecule has 0 saturated heterocycles. The van der Waals surface area contributed by atoms with Crippen LogP contribution in [-0.4, -0.2) is 40.5 Å². The fourth-order valence-corrected chi connectivity index (χ4v) is 1.28. The third-order valence-corrected chi connectivity index (χ3v) is 2.10. The van der Waals surface area contributed by atoms with E-state index in [2.05, 4.69) is 5.32 Å². The molecule has 2 atom stereocenters. The second-order valence-electron chi connectivity index (χ2n) is 3.29. The van der Waals surface area contributed by atoms with Gasteiger partial charge in [-0.05, 0) is 0 Å². The Labute approximate surface area is 81.4 Å². The number of carbonyl (C=O) groups is 2. The highest BCUT2D eigenvalue weighted by Gasteiger charge is 2.26. The molecule has 1 heterocycles. The van der Waals surface area contributed by atoms with Crippen molar-refractivity contribution < 1.29 is 19.8 Å². The van der Waals surface area contributed by atoms with Gasteiger partial charge in [-0.15, -0.1) is 0 Å². The van der Waals surface area contributed by atoms with Gasteiger partial charge in [0.1, 0.15) is 0 Å². The first kappa shape index (κ1) is 10.9. The van der Waals surface area contributed by atoms with Gasteiger partial charge in [-0.2, -0.15) is 0 Å². The molecular formula is C9H13NO4. The van der Waals surface area contributed by atoms with Crippen molar-refractivity contribution in [1.82, 2.24) is 5.32 Å². The molecule has 0 saturated carbocycles. The van der Waals surface area contributed by atoms with E-state index in [-0.39, 0.29) is 30.3 Å². The highest BCUT2D eigenvalue weighted by Crippen LogP contribution is 2.09. The van der Waals surface area contributed by atoms with Crippen LogP contribution in [0.2, 0.25) is 0 Å². The van der Waals surface area contributed by atoms with Gasteiger partial charge in [0.25, 0.3) is 0 Å². The van der Waals surface area contributed by atoms with Gasteiger partial charge in [-0.3, -0.25) is 9.59 Å². The Hall–Kier alpha value is -1.20. The van der Waals surface area contributed by atoms with Crippen molar-refractivity contribution in [2.75, 3.05) is 6.61 Å². The molecule has 0 bridgehead atoms. The van der Waals surface area contributed by atoms with Crippen LogP contribution in [0, 0.1) is 0 Å². The Kier molecular flexibility index (Phi) is 3.38. The molecule has 2 unspecified atom stereocenters. The number of ketones is 2. The second kappa shape index (κ2) is 4.34. The van der Waals surface area contributed by atoms with Crippen LogP contribution < -0.4 is 5.32 Å². The van der Waals surface area contributed by atoms with E-state index < -0.39 is 12.1 Å². The number of rotatable bonds is 2. The highest BCUT2D eigenvalue weighted by atomic mass is 16.3. The molecule has 0 radical (unpaired) electrons. The van der Waals surface area contributed by atoms with Crippen LogP contribution in [-0.2, 0) is 9.59 Å². The fourth-order valence-electron chi connectivity index (χ4n) is 1.28. The Balaban J connectivity index is 2.87. The summed E-state index contributed by atoms with van der Waals surface area (Å²) in [6, 6.07) is -0.656. The number of allylic oxidation sites excluding steroid dienone is 2. The summed E-state index contributed by atoms with van der Waals surface area (Å²) < 4.78 is 0. The average Bonchev–Trinajstić information content (AvgIpc) is 2.23. The van der Waals surface area contributed by atoms with Gasteiger partial charge in [-0.1, -0.05) is 0 Å². The normalized spacial score (nSPS) is 27.6. The Morgan fingerprint density at radius 2 is 2.36 bits per heavy atom. The number of hydrogen-bond acceptors (Lipinski definition) is 5. The third-order valence-electron chi connectivity index (χ3n) is 2.10. The Bertz CT molecular complexity index is 285. The van der Waals surface area contributed by atoms with E-state index in [4.69, 9.17) is 5.11 Å². The van der Waals surface area contributed by atoms with Gasteiger partial charge in [0.05, 0.1) is 24.4 Å². The van der Waals surface area contributed by atoms with E-state index >= 15 is 0 Å². The summed E-state index contributed by atoms with van der Waals surface area (Å²) in [5.74, 6) is -0.600. The summed E-state index contributed by atoms with van der Waals surface area (Å²) in [6.45, 7) is 0.997. The van der Waals surface area contributed by atoms with E-state index in [1.807, 2.05) is 0 Å². The van der Waals surface area contributed by atoms with E-state index in [1.165, 1.54) is 13.0 Å². The number of Topliss-reactive ketones (excluding diaryl/α,β-unsaturated/α-hetero) is 1. The molecule has 1 aliphatic rings. The van der Waals surface area contributed by atoms with Crippen molar-refractivity contribution in [1.29, 1.82) is 0 Å². The van der Waals surface area contributed by atoms with Crippen molar-refractivity contribution in [3.05, 3.63) is 11.8 Å². The predicted octanol–water partition coefficient (Wildman–Crippen LogP) is -1.26. The molecule has 0 aromatic heterocycles. The molecule has 5 heteroatoms. The first-order chi connectivity index (χ1) is 6.54. The lowest BCUT2D eigenvalue weighted by molar-refractivity contribution is -0.117. The van der Waals surface area contributed by atoms with E-state index in [0.29, 0.717) is 0 Å². The molecule has 0 aliphatic carbocycles. The quantitative estimate of drug-likeness (QED) is 0.517. The summed E-state index contributed by atoms with van der Waals surface area (Å²) in [4.78, 5) is 22.2. The highest BCUT2D eigenvalue weighted by molar-refractivity contribution is 6.01. The Morgan fingerprint density at radius 1 is 1.71 bits per heavy atom. The average molecular weight is 199 g/mol. The Morgan fingerprint density at radius 3 is 2.86 bits per heavy atom. The van der Waals surface area contributed by atoms with Crippen LogP contribution in [0.1, 0.15) is 13.3 Å². The molecule has 14 heavy (non-hydrogen) atoms. The molecule has 0 aromatic rings. The zero-order chi connectivity index (χ0) is 10.7. The van der Waals surface area contributed by atoms with Crippen LogP contribution in [0.3, 0.4) is 0 Å². The molecular weight excluding hydrogens is 186 g/mol.